The van der Waals surface area contributed by atoms with Crippen molar-refractivity contribution in [2.24, 2.45) is 52.8 Å². The van der Waals surface area contributed by atoms with Crippen LogP contribution in [-0.2, 0) is 6.54 Å². The molecule has 9 atom stereocenters. The van der Waals surface area contributed by atoms with Gasteiger partial charge in [-0.05, 0) is 121 Å². The molecule has 0 amide bonds. The third-order valence-corrected chi connectivity index (χ3v) is 10.6. The number of aromatic nitrogens is 4. The van der Waals surface area contributed by atoms with E-state index in [1.165, 1.54) is 44.9 Å². The van der Waals surface area contributed by atoms with Gasteiger partial charge in [0.2, 0.25) is 0 Å². The Bertz CT molecular complexity index is 713. The van der Waals surface area contributed by atoms with Gasteiger partial charge in [0, 0.05) is 6.54 Å². The molecule has 4 heteroatoms. The number of rotatable bonds is 4. The molecule has 0 radical (unpaired) electrons. The van der Waals surface area contributed by atoms with Crippen LogP contribution in [-0.4, -0.2) is 20.2 Å². The fourth-order valence-corrected chi connectivity index (χ4v) is 9.11. The summed E-state index contributed by atoms with van der Waals surface area (Å²) in [5.41, 5.74) is 0.552. The van der Waals surface area contributed by atoms with Crippen LogP contribution in [0.15, 0.2) is 0 Å². The largest absolute Gasteiger partial charge is 0.230 e. The Labute approximate surface area is 177 Å². The minimum atomic E-state index is 0.552. The lowest BCUT2D eigenvalue weighted by Gasteiger charge is -2.57. The highest BCUT2D eigenvalue weighted by molar-refractivity contribution is 5.06. The van der Waals surface area contributed by atoms with Gasteiger partial charge in [0.15, 0.2) is 0 Å². The van der Waals surface area contributed by atoms with Crippen molar-refractivity contribution in [1.82, 2.24) is 20.2 Å². The number of fused-ring (bicyclic) bond motifs is 5. The number of hydrogen-bond donors (Lipinski definition) is 0. The van der Waals surface area contributed by atoms with Crippen LogP contribution in [0, 0.1) is 59.7 Å². The van der Waals surface area contributed by atoms with E-state index in [1.807, 2.05) is 11.6 Å². The van der Waals surface area contributed by atoms with E-state index >= 15 is 0 Å². The maximum atomic E-state index is 4.23. The predicted octanol–water partition coefficient (Wildman–Crippen LogP) is 5.91. The third kappa shape index (κ3) is 3.28. The van der Waals surface area contributed by atoms with Crippen LogP contribution >= 0.6 is 0 Å². The van der Waals surface area contributed by atoms with Crippen molar-refractivity contribution in [2.45, 2.75) is 98.4 Å². The van der Waals surface area contributed by atoms with Crippen LogP contribution in [0.2, 0.25) is 0 Å². The SMILES string of the molecule is CC[C@H]1CC[C@H]2C(CC[C@@H]3C2CC[C@@]2(C)C3CC[C@@H]2[C@H](C)Cn2nnnc2C)C1. The van der Waals surface area contributed by atoms with E-state index in [9.17, 15) is 0 Å². The molecule has 4 saturated carbocycles. The smallest absolute Gasteiger partial charge is 0.148 e. The third-order valence-electron chi connectivity index (χ3n) is 10.6. The fraction of sp³-hybridized carbons (Fsp3) is 0.960. The van der Waals surface area contributed by atoms with Gasteiger partial charge < -0.3 is 0 Å². The maximum absolute atomic E-state index is 4.23. The van der Waals surface area contributed by atoms with Crippen molar-refractivity contribution in [3.05, 3.63) is 5.82 Å². The second kappa shape index (κ2) is 7.64. The van der Waals surface area contributed by atoms with Crippen LogP contribution < -0.4 is 0 Å². The summed E-state index contributed by atoms with van der Waals surface area (Å²) in [6.45, 7) is 10.6. The topological polar surface area (TPSA) is 43.6 Å². The first-order chi connectivity index (χ1) is 14.0. The summed E-state index contributed by atoms with van der Waals surface area (Å²) in [7, 11) is 0. The lowest BCUT2D eigenvalue weighted by Crippen LogP contribution is -2.49. The number of aryl methyl sites for hydroxylation is 1. The van der Waals surface area contributed by atoms with Crippen LogP contribution in [0.5, 0.6) is 0 Å². The zero-order valence-corrected chi connectivity index (χ0v) is 19.2. The Kier molecular flexibility index (Phi) is 5.27. The average Bonchev–Trinajstić information content (AvgIpc) is 3.29. The number of hydrogen-bond acceptors (Lipinski definition) is 3. The van der Waals surface area contributed by atoms with Crippen LogP contribution in [0.25, 0.3) is 0 Å². The van der Waals surface area contributed by atoms with Crippen LogP contribution in [0.3, 0.4) is 0 Å². The van der Waals surface area contributed by atoms with Crippen LogP contribution in [0.1, 0.15) is 90.8 Å². The molecule has 0 N–H and O–H groups in total. The van der Waals surface area contributed by atoms with Gasteiger partial charge in [-0.25, -0.2) is 4.68 Å². The van der Waals surface area contributed by atoms with Gasteiger partial charge >= 0.3 is 0 Å². The van der Waals surface area contributed by atoms with Gasteiger partial charge in [0.25, 0.3) is 0 Å². The minimum absolute atomic E-state index is 0.552. The van der Waals surface area contributed by atoms with Gasteiger partial charge in [0.05, 0.1) is 0 Å². The molecule has 0 spiro atoms. The summed E-state index contributed by atoms with van der Waals surface area (Å²) in [4.78, 5) is 0. The molecule has 162 valence electrons. The Balaban J connectivity index is 1.30. The molecular weight excluding hydrogens is 356 g/mol. The zero-order valence-electron chi connectivity index (χ0n) is 19.2. The van der Waals surface area contributed by atoms with Gasteiger partial charge in [-0.2, -0.15) is 0 Å². The lowest BCUT2D eigenvalue weighted by molar-refractivity contribution is -0.0747. The molecular formula is C25H42N4. The highest BCUT2D eigenvalue weighted by Crippen LogP contribution is 2.65. The molecule has 29 heavy (non-hydrogen) atoms. The number of tetrazole rings is 1. The van der Waals surface area contributed by atoms with Crippen molar-refractivity contribution in [2.75, 3.05) is 0 Å². The first kappa shape index (κ1) is 20.0. The predicted molar refractivity (Wildman–Crippen MR) is 116 cm³/mol. The highest BCUT2D eigenvalue weighted by Gasteiger charge is 2.57. The van der Waals surface area contributed by atoms with E-state index in [0.29, 0.717) is 11.3 Å². The summed E-state index contributed by atoms with van der Waals surface area (Å²) in [6, 6.07) is 0. The Hall–Kier alpha value is -0.930. The van der Waals surface area contributed by atoms with Gasteiger partial charge in [-0.15, -0.1) is 5.10 Å². The first-order valence-electron chi connectivity index (χ1n) is 12.7. The molecule has 4 aliphatic rings. The fourth-order valence-electron chi connectivity index (χ4n) is 9.11. The van der Waals surface area contributed by atoms with Crippen molar-refractivity contribution < 1.29 is 0 Å². The summed E-state index contributed by atoms with van der Waals surface area (Å²) >= 11 is 0. The van der Waals surface area contributed by atoms with E-state index in [-0.39, 0.29) is 0 Å². The minimum Gasteiger partial charge on any atom is -0.230 e. The molecule has 1 aromatic heterocycles. The van der Waals surface area contributed by atoms with Gasteiger partial charge in [0.1, 0.15) is 5.82 Å². The van der Waals surface area contributed by atoms with Gasteiger partial charge in [-0.1, -0.05) is 33.6 Å². The molecule has 0 aliphatic heterocycles. The van der Waals surface area contributed by atoms with Crippen molar-refractivity contribution in [3.8, 4) is 0 Å². The van der Waals surface area contributed by atoms with Gasteiger partial charge in [-0.3, -0.25) is 0 Å². The second-order valence-corrected chi connectivity index (χ2v) is 11.6. The van der Waals surface area contributed by atoms with Crippen molar-refractivity contribution in [3.63, 3.8) is 0 Å². The summed E-state index contributed by atoms with van der Waals surface area (Å²) in [5.74, 6) is 8.70. The first-order valence-corrected chi connectivity index (χ1v) is 12.7. The Morgan fingerprint density at radius 2 is 1.86 bits per heavy atom. The average molecular weight is 399 g/mol. The number of nitrogens with zero attached hydrogens (tertiary/aromatic N) is 4. The molecule has 0 saturated heterocycles. The molecule has 3 unspecified atom stereocenters. The monoisotopic (exact) mass is 398 g/mol. The van der Waals surface area contributed by atoms with E-state index in [0.717, 1.165) is 53.8 Å². The Morgan fingerprint density at radius 3 is 2.62 bits per heavy atom. The summed E-state index contributed by atoms with van der Waals surface area (Å²) in [5, 5.41) is 12.2. The lowest BCUT2D eigenvalue weighted by atomic mass is 9.48. The summed E-state index contributed by atoms with van der Waals surface area (Å²) < 4.78 is 2.03. The molecule has 5 rings (SSSR count). The normalized spacial score (nSPS) is 45.3. The van der Waals surface area contributed by atoms with E-state index in [2.05, 4.69) is 36.3 Å². The maximum Gasteiger partial charge on any atom is 0.148 e. The zero-order chi connectivity index (χ0) is 20.2. The molecule has 0 bridgehead atoms. The molecule has 4 aliphatic carbocycles. The molecule has 1 aromatic rings. The van der Waals surface area contributed by atoms with E-state index in [4.69, 9.17) is 0 Å². The summed E-state index contributed by atoms with van der Waals surface area (Å²) in [6.07, 6.45) is 15.0. The highest BCUT2D eigenvalue weighted by atomic mass is 15.5. The van der Waals surface area contributed by atoms with E-state index in [1.54, 1.807) is 19.3 Å². The quantitative estimate of drug-likeness (QED) is 0.633. The van der Waals surface area contributed by atoms with Crippen LogP contribution in [0.4, 0.5) is 0 Å². The standard InChI is InChI=1S/C25H42N4/c1-5-18-6-8-20-19(14-18)7-9-22-21(20)12-13-25(4)23(10-11-24(22)25)16(2)15-29-17(3)26-27-28-29/h16,18-24H,5-15H2,1-4H3/t16-,18+,19?,20+,21?,22-,23-,24?,25-/m1/s1. The van der Waals surface area contributed by atoms with E-state index < -0.39 is 0 Å². The van der Waals surface area contributed by atoms with Crippen molar-refractivity contribution >= 4 is 0 Å². The van der Waals surface area contributed by atoms with Crippen molar-refractivity contribution in [1.29, 1.82) is 0 Å². The molecule has 0 aromatic carbocycles. The Morgan fingerprint density at radius 1 is 1.03 bits per heavy atom. The molecule has 4 fully saturated rings. The second-order valence-electron chi connectivity index (χ2n) is 11.6. The molecule has 4 nitrogen and oxygen atoms in total. The molecule has 1 heterocycles.